The summed E-state index contributed by atoms with van der Waals surface area (Å²) in [5.74, 6) is -10.4. The van der Waals surface area contributed by atoms with E-state index < -0.39 is 69.8 Å². The molecule has 0 saturated carbocycles. The minimum atomic E-state index is -1.74. The Morgan fingerprint density at radius 2 is 0.569 bits per heavy atom. The van der Waals surface area contributed by atoms with Crippen molar-refractivity contribution in [2.75, 3.05) is 9.80 Å². The van der Waals surface area contributed by atoms with E-state index >= 15 is 0 Å². The number of fused-ring (bicyclic) bond motifs is 2. The van der Waals surface area contributed by atoms with Gasteiger partial charge in [0.1, 0.15) is 0 Å². The number of imide groups is 2. The van der Waals surface area contributed by atoms with Crippen LogP contribution in [0, 0.1) is 0 Å². The first-order chi connectivity index (χ1) is 25.8. The quantitative estimate of drug-likeness (QED) is 0.0660. The first kappa shape index (κ1) is 45.1. The van der Waals surface area contributed by atoms with E-state index in [2.05, 4.69) is 0 Å². The van der Waals surface area contributed by atoms with Crippen LogP contribution in [0.25, 0.3) is 43.1 Å². The van der Waals surface area contributed by atoms with Crippen LogP contribution in [0.5, 0.6) is 0 Å². The van der Waals surface area contributed by atoms with E-state index in [0.29, 0.717) is 42.1 Å². The van der Waals surface area contributed by atoms with Gasteiger partial charge in [0, 0.05) is 33.0 Å². The van der Waals surface area contributed by atoms with E-state index in [-0.39, 0.29) is 163 Å². The summed E-state index contributed by atoms with van der Waals surface area (Å²) in [6.07, 6.45) is 0. The Morgan fingerprint density at radius 3 is 0.776 bits per heavy atom. The first-order valence-electron chi connectivity index (χ1n) is 15.9. The van der Waals surface area contributed by atoms with Gasteiger partial charge in [-0.15, -0.1) is 0 Å². The Labute approximate surface area is 413 Å². The molecule has 7 aromatic rings. The topological polar surface area (TPSA) is 235 Å². The summed E-state index contributed by atoms with van der Waals surface area (Å²) in [4.78, 5) is 104. The van der Waals surface area contributed by atoms with Crippen molar-refractivity contribution in [2.45, 2.75) is 0 Å². The Balaban J connectivity index is 0.00000160. The van der Waals surface area contributed by atoms with Crippen molar-refractivity contribution in [1.82, 2.24) is 0 Å². The second kappa shape index (κ2) is 16.2. The van der Waals surface area contributed by atoms with Gasteiger partial charge in [-0.1, -0.05) is 24.3 Å². The normalized spacial score (nSPS) is 12.9. The van der Waals surface area contributed by atoms with Crippen molar-refractivity contribution >= 4 is 102 Å². The number of amides is 4. The van der Waals surface area contributed by atoms with Crippen molar-refractivity contribution in [3.05, 3.63) is 129 Å². The van der Waals surface area contributed by atoms with Gasteiger partial charge in [-0.2, -0.15) is 0 Å². The molecule has 0 N–H and O–H groups in total. The minimum Gasteiger partial charge on any atom is -0.545 e. The van der Waals surface area contributed by atoms with E-state index in [1.165, 1.54) is 24.3 Å². The van der Waals surface area contributed by atoms with E-state index in [0.717, 1.165) is 36.4 Å². The largest absolute Gasteiger partial charge is 1.00 e. The van der Waals surface area contributed by atoms with Gasteiger partial charge < -0.3 is 39.6 Å². The predicted molar refractivity (Wildman–Crippen MR) is 180 cm³/mol. The number of carbonyl (C=O) groups is 8. The van der Waals surface area contributed by atoms with Crippen LogP contribution in [0.2, 0.25) is 0 Å². The fourth-order valence-corrected chi connectivity index (χ4v) is 7.69. The van der Waals surface area contributed by atoms with Crippen molar-refractivity contribution in [3.63, 3.8) is 0 Å². The Hall–Kier alpha value is -4.00. The molecule has 0 atom stereocenters. The van der Waals surface area contributed by atoms with Crippen LogP contribution in [-0.4, -0.2) is 47.5 Å². The molecule has 0 aromatic heterocycles. The molecule has 0 saturated heterocycles. The fourth-order valence-electron chi connectivity index (χ4n) is 7.69. The van der Waals surface area contributed by atoms with Gasteiger partial charge in [0.15, 0.2) is 0 Å². The summed E-state index contributed by atoms with van der Waals surface area (Å²) >= 11 is 0. The van der Waals surface area contributed by atoms with Crippen LogP contribution >= 0.6 is 0 Å². The molecular weight excluding hydrogens is 792 g/mol. The molecule has 18 heteroatoms. The van der Waals surface area contributed by atoms with Crippen molar-refractivity contribution in [2.24, 2.45) is 0 Å². The van der Waals surface area contributed by atoms with Crippen LogP contribution in [-0.2, 0) is 0 Å². The van der Waals surface area contributed by atoms with Crippen LogP contribution in [0.4, 0.5) is 11.4 Å². The van der Waals surface area contributed by atoms with Gasteiger partial charge >= 0.3 is 118 Å². The maximum Gasteiger partial charge on any atom is 1.00 e. The number of carboxylic acid groups (broad SMARTS) is 4. The van der Waals surface area contributed by atoms with Crippen LogP contribution < -0.4 is 148 Å². The van der Waals surface area contributed by atoms with Crippen molar-refractivity contribution in [1.29, 1.82) is 0 Å². The number of hydrogen-bond donors (Lipinski definition) is 0. The first-order valence-corrected chi connectivity index (χ1v) is 15.9. The molecule has 2 aliphatic heterocycles. The number of rotatable bonds is 6. The zero-order valence-electron chi connectivity index (χ0n) is 30.9. The number of nitrogens with zero attached hydrogens (tertiary/aromatic N) is 2. The predicted octanol–water partition coefficient (Wildman–Crippen LogP) is -11.2. The molecular formula is C40H14N2Na4O12. The summed E-state index contributed by atoms with van der Waals surface area (Å²) < 4.78 is 0. The fraction of sp³-hybridized carbons (Fsp3) is 0. The second-order valence-corrected chi connectivity index (χ2v) is 12.7. The average Bonchev–Trinajstić information content (AvgIpc) is 3.15. The Bertz CT molecular complexity index is 2690. The van der Waals surface area contributed by atoms with Crippen molar-refractivity contribution < 1.29 is 177 Å². The molecule has 14 nitrogen and oxygen atoms in total. The van der Waals surface area contributed by atoms with Crippen LogP contribution in [0.15, 0.2) is 84.9 Å². The maximum absolute atomic E-state index is 14.0. The van der Waals surface area contributed by atoms with E-state index in [9.17, 15) is 58.8 Å². The van der Waals surface area contributed by atoms with E-state index in [1.807, 2.05) is 0 Å². The third kappa shape index (κ3) is 6.52. The van der Waals surface area contributed by atoms with Gasteiger partial charge in [-0.25, -0.2) is 9.80 Å². The molecule has 0 aliphatic carbocycles. The zero-order chi connectivity index (χ0) is 38.1. The average molecular weight is 807 g/mol. The number of benzene rings is 7. The number of hydrogen-bond acceptors (Lipinski definition) is 12. The van der Waals surface area contributed by atoms with E-state index in [4.69, 9.17) is 0 Å². The summed E-state index contributed by atoms with van der Waals surface area (Å²) in [7, 11) is 0. The molecule has 7 aromatic carbocycles. The molecule has 2 aliphatic rings. The molecule has 0 radical (unpaired) electrons. The zero-order valence-corrected chi connectivity index (χ0v) is 38.9. The SMILES string of the molecule is O=C([O-])c1cc(C(=O)[O-])cc(N2C(=O)c3ccc4c5ccc6c7c(ccc(c8ccc(c3c48)C2=O)c75)C(=O)N(c2cc(C(=O)[O-])cc(C(=O)[O-])c2)C6=O)c1.[Na+].[Na+].[Na+].[Na+]. The smallest absolute Gasteiger partial charge is 0.545 e. The van der Waals surface area contributed by atoms with E-state index in [1.54, 1.807) is 24.3 Å². The van der Waals surface area contributed by atoms with Crippen LogP contribution in [0.3, 0.4) is 0 Å². The number of carbonyl (C=O) groups excluding carboxylic acids is 8. The third-order valence-electron chi connectivity index (χ3n) is 9.93. The Kier molecular flexibility index (Phi) is 12.6. The number of carboxylic acids is 4. The summed E-state index contributed by atoms with van der Waals surface area (Å²) in [6.45, 7) is 0. The monoisotopic (exact) mass is 806 g/mol. The number of anilines is 2. The summed E-state index contributed by atoms with van der Waals surface area (Å²) in [5.41, 5.74) is -2.76. The van der Waals surface area contributed by atoms with Gasteiger partial charge in [-0.3, -0.25) is 19.2 Å². The molecule has 2 heterocycles. The maximum atomic E-state index is 14.0. The molecule has 0 unspecified atom stereocenters. The third-order valence-corrected chi connectivity index (χ3v) is 9.93. The number of aromatic carboxylic acids is 4. The van der Waals surface area contributed by atoms with Gasteiger partial charge in [0.05, 0.1) is 35.3 Å². The molecule has 0 bridgehead atoms. The molecule has 0 fully saturated rings. The second-order valence-electron chi connectivity index (χ2n) is 12.7. The molecule has 58 heavy (non-hydrogen) atoms. The molecule has 0 spiro atoms. The molecule has 9 rings (SSSR count). The van der Waals surface area contributed by atoms with Gasteiger partial charge in [0.25, 0.3) is 23.6 Å². The molecule has 4 amide bonds. The summed E-state index contributed by atoms with van der Waals surface area (Å²) in [5, 5.41) is 50.5. The minimum absolute atomic E-state index is 0. The standard InChI is InChI=1S/C40H18N2O12.4Na/c43-33-25-5-1-21-22-2-6-27-32-28(36(46)42(35(27)45)20-13-17(39(51)52)10-18(14-20)40(53)54)8-4-24(30(22)32)23-3-7-26(31(25)29(21)23)34(44)41(33)19-11-15(37(47)48)9-16(12-19)38(49)50;;;;/h1-14H,(H,47,48)(H,49,50)(H,51,52)(H,53,54);;;;/q;4*+1/p-4. The Morgan fingerprint density at radius 1 is 0.345 bits per heavy atom. The molecule has 260 valence electrons. The van der Waals surface area contributed by atoms with Gasteiger partial charge in [-0.05, 0) is 115 Å². The van der Waals surface area contributed by atoms with Crippen molar-refractivity contribution in [3.8, 4) is 0 Å². The van der Waals surface area contributed by atoms with Crippen LogP contribution in [0.1, 0.15) is 82.9 Å². The summed E-state index contributed by atoms with van der Waals surface area (Å²) in [6, 6.07) is 17.8. The van der Waals surface area contributed by atoms with Gasteiger partial charge in [0.2, 0.25) is 0 Å².